The Morgan fingerprint density at radius 2 is 1.74 bits per heavy atom. The maximum Gasteiger partial charge on any atom is 0.268 e. The van der Waals surface area contributed by atoms with Crippen molar-refractivity contribution in [3.05, 3.63) is 42.2 Å². The highest BCUT2D eigenvalue weighted by Crippen LogP contribution is 2.31. The summed E-state index contributed by atoms with van der Waals surface area (Å²) in [6.07, 6.45) is 5.17. The maximum atomic E-state index is 13.0. The fourth-order valence-corrected chi connectivity index (χ4v) is 3.94. The third-order valence-electron chi connectivity index (χ3n) is 5.63. The molecule has 0 saturated carbocycles. The van der Waals surface area contributed by atoms with Gasteiger partial charge >= 0.3 is 0 Å². The lowest BCUT2D eigenvalue weighted by Crippen LogP contribution is -2.47. The van der Waals surface area contributed by atoms with Crippen molar-refractivity contribution < 1.29 is 19.1 Å². The Bertz CT molecular complexity index is 915. The number of carbonyl (C=O) groups excluding carboxylic acids is 2. The van der Waals surface area contributed by atoms with Gasteiger partial charge in [0.1, 0.15) is 17.1 Å². The number of aromatic nitrogens is 2. The molecule has 2 aliphatic heterocycles. The van der Waals surface area contributed by atoms with Crippen molar-refractivity contribution in [1.82, 2.24) is 19.8 Å². The summed E-state index contributed by atoms with van der Waals surface area (Å²) >= 11 is 0. The lowest BCUT2D eigenvalue weighted by atomic mass is 10.1. The van der Waals surface area contributed by atoms with E-state index < -0.39 is 0 Å². The average Bonchev–Trinajstić information content (AvgIpc) is 2.94. The van der Waals surface area contributed by atoms with Gasteiger partial charge in [0.2, 0.25) is 5.95 Å². The van der Waals surface area contributed by atoms with Gasteiger partial charge in [0.25, 0.3) is 11.8 Å². The molecule has 0 aliphatic carbocycles. The van der Waals surface area contributed by atoms with E-state index in [2.05, 4.69) is 19.8 Å². The van der Waals surface area contributed by atoms with Crippen molar-refractivity contribution in [2.45, 2.75) is 12.8 Å². The Labute approximate surface area is 181 Å². The van der Waals surface area contributed by atoms with Gasteiger partial charge in [-0.3, -0.25) is 19.4 Å². The number of hydrogen-bond acceptors (Lipinski definition) is 8. The Morgan fingerprint density at radius 3 is 2.48 bits per heavy atom. The van der Waals surface area contributed by atoms with E-state index in [4.69, 9.17) is 9.47 Å². The number of carbonyl (C=O) groups is 2. The summed E-state index contributed by atoms with van der Waals surface area (Å²) in [5.74, 6) is 0.910. The summed E-state index contributed by atoms with van der Waals surface area (Å²) in [6.45, 7) is 4.82. The quantitative estimate of drug-likeness (QED) is 0.487. The lowest BCUT2D eigenvalue weighted by Gasteiger charge is -2.34. The standard InChI is InChI=1S/C22H27N5O4/c1-30-17-6-4-7-18-20(17)21(29)27(19(28)16-31-18)11-3-2-10-25-12-14-26(15-13-25)22-23-8-5-9-24-22/h4-9H,2-3,10-16H2,1H3. The Morgan fingerprint density at radius 1 is 1.00 bits per heavy atom. The van der Waals surface area contributed by atoms with Crippen LogP contribution in [-0.2, 0) is 4.79 Å². The van der Waals surface area contributed by atoms with Gasteiger partial charge < -0.3 is 14.4 Å². The van der Waals surface area contributed by atoms with Crippen molar-refractivity contribution in [2.24, 2.45) is 0 Å². The van der Waals surface area contributed by atoms with Gasteiger partial charge in [-0.2, -0.15) is 0 Å². The number of imide groups is 1. The highest BCUT2D eigenvalue weighted by Gasteiger charge is 2.31. The minimum Gasteiger partial charge on any atom is -0.496 e. The fourth-order valence-electron chi connectivity index (χ4n) is 3.94. The number of unbranched alkanes of at least 4 members (excludes halogenated alkanes) is 1. The molecule has 1 aromatic carbocycles. The number of ether oxygens (including phenoxy) is 2. The highest BCUT2D eigenvalue weighted by atomic mass is 16.5. The summed E-state index contributed by atoms with van der Waals surface area (Å²) in [4.78, 5) is 40.0. The smallest absolute Gasteiger partial charge is 0.268 e. The van der Waals surface area contributed by atoms with Crippen molar-refractivity contribution in [3.8, 4) is 11.5 Å². The van der Waals surface area contributed by atoms with Crippen LogP contribution < -0.4 is 14.4 Å². The molecular weight excluding hydrogens is 398 g/mol. The zero-order chi connectivity index (χ0) is 21.6. The number of fused-ring (bicyclic) bond motifs is 1. The molecule has 9 heteroatoms. The summed E-state index contributed by atoms with van der Waals surface area (Å²) < 4.78 is 10.8. The van der Waals surface area contributed by atoms with Crippen LogP contribution in [0.5, 0.6) is 11.5 Å². The third-order valence-corrected chi connectivity index (χ3v) is 5.63. The molecule has 9 nitrogen and oxygen atoms in total. The first-order valence-electron chi connectivity index (χ1n) is 10.6. The van der Waals surface area contributed by atoms with Crippen LogP contribution in [0.25, 0.3) is 0 Å². The van der Waals surface area contributed by atoms with Crippen LogP contribution in [0.1, 0.15) is 23.2 Å². The van der Waals surface area contributed by atoms with E-state index >= 15 is 0 Å². The van der Waals surface area contributed by atoms with Gasteiger partial charge in [0, 0.05) is 45.1 Å². The van der Waals surface area contributed by atoms with Crippen LogP contribution in [-0.4, -0.2) is 84.6 Å². The lowest BCUT2D eigenvalue weighted by molar-refractivity contribution is -0.130. The first-order chi connectivity index (χ1) is 15.2. The predicted octanol–water partition coefficient (Wildman–Crippen LogP) is 1.45. The third kappa shape index (κ3) is 4.77. The van der Waals surface area contributed by atoms with Crippen LogP contribution in [0, 0.1) is 0 Å². The second kappa shape index (κ2) is 9.74. The molecule has 1 fully saturated rings. The first kappa shape index (κ1) is 21.0. The van der Waals surface area contributed by atoms with Crippen LogP contribution in [0.4, 0.5) is 5.95 Å². The molecule has 2 amide bonds. The maximum absolute atomic E-state index is 13.0. The van der Waals surface area contributed by atoms with Crippen LogP contribution in [0.2, 0.25) is 0 Å². The van der Waals surface area contributed by atoms with E-state index in [1.54, 1.807) is 30.6 Å². The minimum atomic E-state index is -0.355. The molecule has 0 radical (unpaired) electrons. The van der Waals surface area contributed by atoms with E-state index in [1.165, 1.54) is 12.0 Å². The molecule has 0 atom stereocenters. The molecule has 4 rings (SSSR count). The van der Waals surface area contributed by atoms with E-state index in [1.807, 2.05) is 6.07 Å². The minimum absolute atomic E-state index is 0.143. The Kier molecular flexibility index (Phi) is 6.61. The number of hydrogen-bond donors (Lipinski definition) is 0. The van der Waals surface area contributed by atoms with E-state index in [9.17, 15) is 9.59 Å². The SMILES string of the molecule is COc1cccc2c1C(=O)N(CCCCN1CCN(c3ncccn3)CC1)C(=O)CO2. The van der Waals surface area contributed by atoms with Crippen molar-refractivity contribution in [2.75, 3.05) is 57.9 Å². The molecular formula is C22H27N5O4. The largest absolute Gasteiger partial charge is 0.496 e. The molecule has 0 bridgehead atoms. The van der Waals surface area contributed by atoms with E-state index in [-0.39, 0.29) is 18.4 Å². The van der Waals surface area contributed by atoms with Crippen LogP contribution in [0.15, 0.2) is 36.7 Å². The van der Waals surface area contributed by atoms with Gasteiger partial charge in [-0.1, -0.05) is 6.07 Å². The zero-order valence-electron chi connectivity index (χ0n) is 17.7. The number of rotatable bonds is 7. The molecule has 0 unspecified atom stereocenters. The summed E-state index contributed by atoms with van der Waals surface area (Å²) in [5.41, 5.74) is 0.315. The molecule has 2 aromatic rings. The van der Waals surface area contributed by atoms with Crippen LogP contribution in [0.3, 0.4) is 0 Å². The summed E-state index contributed by atoms with van der Waals surface area (Å²) in [6, 6.07) is 6.95. The molecule has 2 aliphatic rings. The fraction of sp³-hybridized carbons (Fsp3) is 0.455. The highest BCUT2D eigenvalue weighted by molar-refractivity contribution is 6.09. The summed E-state index contributed by atoms with van der Waals surface area (Å²) in [7, 11) is 1.50. The first-order valence-corrected chi connectivity index (χ1v) is 10.6. The molecule has 164 valence electrons. The summed E-state index contributed by atoms with van der Waals surface area (Å²) in [5, 5.41) is 0. The zero-order valence-corrected chi connectivity index (χ0v) is 17.7. The average molecular weight is 425 g/mol. The van der Waals surface area contributed by atoms with Gasteiger partial charge in [0.15, 0.2) is 6.61 Å². The number of amides is 2. The molecule has 31 heavy (non-hydrogen) atoms. The topological polar surface area (TPSA) is 88.1 Å². The second-order valence-corrected chi connectivity index (χ2v) is 7.56. The number of benzene rings is 1. The number of methoxy groups -OCH3 is 1. The molecule has 1 aromatic heterocycles. The Balaban J connectivity index is 1.27. The van der Waals surface area contributed by atoms with Crippen molar-refractivity contribution >= 4 is 17.8 Å². The molecule has 3 heterocycles. The van der Waals surface area contributed by atoms with E-state index in [0.29, 0.717) is 23.6 Å². The second-order valence-electron chi connectivity index (χ2n) is 7.56. The van der Waals surface area contributed by atoms with E-state index in [0.717, 1.165) is 51.5 Å². The molecule has 0 N–H and O–H groups in total. The number of anilines is 1. The monoisotopic (exact) mass is 425 g/mol. The van der Waals surface area contributed by atoms with Gasteiger partial charge in [0.05, 0.1) is 7.11 Å². The van der Waals surface area contributed by atoms with Crippen LogP contribution >= 0.6 is 0 Å². The van der Waals surface area contributed by atoms with Gasteiger partial charge in [-0.25, -0.2) is 9.97 Å². The van der Waals surface area contributed by atoms with Crippen molar-refractivity contribution in [3.63, 3.8) is 0 Å². The molecule has 1 saturated heterocycles. The number of piperazine rings is 1. The van der Waals surface area contributed by atoms with Gasteiger partial charge in [-0.15, -0.1) is 0 Å². The molecule has 0 spiro atoms. The van der Waals surface area contributed by atoms with Gasteiger partial charge in [-0.05, 0) is 37.6 Å². The predicted molar refractivity (Wildman–Crippen MR) is 114 cm³/mol. The number of nitrogens with zero attached hydrogens (tertiary/aromatic N) is 5. The van der Waals surface area contributed by atoms with Crippen molar-refractivity contribution in [1.29, 1.82) is 0 Å². The Hall–Kier alpha value is -3.20. The normalized spacial score (nSPS) is 17.2.